The Morgan fingerprint density at radius 2 is 2.23 bits per heavy atom. The summed E-state index contributed by atoms with van der Waals surface area (Å²) in [4.78, 5) is 2.48. The Bertz CT molecular complexity index is 625. The van der Waals surface area contributed by atoms with Crippen LogP contribution in [0.2, 0.25) is 0 Å². The molecule has 2 heterocycles. The molecule has 1 saturated heterocycles. The Kier molecular flexibility index (Phi) is 5.27. The van der Waals surface area contributed by atoms with Crippen LogP contribution in [0.1, 0.15) is 24.5 Å². The highest BCUT2D eigenvalue weighted by atomic mass is 35.5. The molecule has 0 amide bonds. The molecular formula is C17H25ClN4. The minimum Gasteiger partial charge on any atom is -0.330 e. The first-order valence-corrected chi connectivity index (χ1v) is 7.61. The normalized spacial score (nSPS) is 21.8. The van der Waals surface area contributed by atoms with Crippen molar-refractivity contribution in [3.8, 4) is 11.3 Å². The van der Waals surface area contributed by atoms with Crippen molar-refractivity contribution in [3.63, 3.8) is 0 Å². The van der Waals surface area contributed by atoms with Crippen molar-refractivity contribution in [3.05, 3.63) is 41.6 Å². The first-order valence-electron chi connectivity index (χ1n) is 7.61. The van der Waals surface area contributed by atoms with Crippen LogP contribution in [0.4, 0.5) is 0 Å². The number of nitrogens with two attached hydrogens (primary N) is 1. The van der Waals surface area contributed by atoms with E-state index in [2.05, 4.69) is 53.2 Å². The number of H-pyrrole nitrogens is 1. The summed E-state index contributed by atoms with van der Waals surface area (Å²) in [5.41, 5.74) is 11.1. The summed E-state index contributed by atoms with van der Waals surface area (Å²) in [5.74, 6) is 0. The number of aromatic nitrogens is 2. The van der Waals surface area contributed by atoms with E-state index in [4.69, 9.17) is 5.73 Å². The van der Waals surface area contributed by atoms with Gasteiger partial charge in [0.15, 0.2) is 0 Å². The van der Waals surface area contributed by atoms with Crippen LogP contribution in [0.15, 0.2) is 30.5 Å². The molecule has 2 aromatic rings. The van der Waals surface area contributed by atoms with Crippen LogP contribution in [-0.2, 0) is 6.54 Å². The lowest BCUT2D eigenvalue weighted by atomic mass is 9.90. The molecule has 3 N–H and O–H groups in total. The van der Waals surface area contributed by atoms with Crippen molar-refractivity contribution in [2.24, 2.45) is 11.1 Å². The zero-order valence-corrected chi connectivity index (χ0v) is 14.1. The van der Waals surface area contributed by atoms with Crippen molar-refractivity contribution in [1.29, 1.82) is 0 Å². The van der Waals surface area contributed by atoms with Crippen LogP contribution in [0.3, 0.4) is 0 Å². The Morgan fingerprint density at radius 3 is 2.91 bits per heavy atom. The third kappa shape index (κ3) is 3.51. The van der Waals surface area contributed by atoms with Gasteiger partial charge in [-0.3, -0.25) is 10.00 Å². The quantitative estimate of drug-likeness (QED) is 0.910. The predicted molar refractivity (Wildman–Crippen MR) is 93.1 cm³/mol. The van der Waals surface area contributed by atoms with Gasteiger partial charge >= 0.3 is 0 Å². The number of benzene rings is 1. The predicted octanol–water partition coefficient (Wildman–Crippen LogP) is 2.98. The number of halogens is 1. The van der Waals surface area contributed by atoms with E-state index in [0.29, 0.717) is 0 Å². The summed E-state index contributed by atoms with van der Waals surface area (Å²) in [6.07, 6.45) is 3.14. The molecule has 0 radical (unpaired) electrons. The van der Waals surface area contributed by atoms with Gasteiger partial charge < -0.3 is 5.73 Å². The molecule has 0 bridgehead atoms. The summed E-state index contributed by atoms with van der Waals surface area (Å²) in [6.45, 7) is 8.29. The fraction of sp³-hybridized carbons (Fsp3) is 0.471. The Morgan fingerprint density at radius 1 is 1.41 bits per heavy atom. The van der Waals surface area contributed by atoms with E-state index in [1.54, 1.807) is 0 Å². The van der Waals surface area contributed by atoms with E-state index < -0.39 is 0 Å². The molecule has 5 heteroatoms. The smallest absolute Gasteiger partial charge is 0.0695 e. The van der Waals surface area contributed by atoms with Crippen LogP contribution in [0, 0.1) is 12.3 Å². The summed E-state index contributed by atoms with van der Waals surface area (Å²) in [6, 6.07) is 8.55. The molecule has 1 fully saturated rings. The molecule has 22 heavy (non-hydrogen) atoms. The van der Waals surface area contributed by atoms with Crippen LogP contribution < -0.4 is 5.73 Å². The molecule has 1 unspecified atom stereocenters. The molecular weight excluding hydrogens is 296 g/mol. The number of nitrogens with one attached hydrogen (secondary N) is 1. The van der Waals surface area contributed by atoms with Gasteiger partial charge in [0, 0.05) is 24.2 Å². The average Bonchev–Trinajstić information content (AvgIpc) is 3.07. The highest BCUT2D eigenvalue weighted by molar-refractivity contribution is 5.85. The number of rotatable bonds is 4. The van der Waals surface area contributed by atoms with Crippen LogP contribution in [0.5, 0.6) is 0 Å². The monoisotopic (exact) mass is 320 g/mol. The second-order valence-electron chi connectivity index (χ2n) is 6.62. The molecule has 1 aliphatic rings. The fourth-order valence-electron chi connectivity index (χ4n) is 3.15. The van der Waals surface area contributed by atoms with E-state index in [1.807, 2.05) is 6.20 Å². The highest BCUT2D eigenvalue weighted by Crippen LogP contribution is 2.31. The molecule has 1 atom stereocenters. The summed E-state index contributed by atoms with van der Waals surface area (Å²) >= 11 is 0. The maximum Gasteiger partial charge on any atom is 0.0695 e. The van der Waals surface area contributed by atoms with Gasteiger partial charge in [-0.15, -0.1) is 12.4 Å². The first kappa shape index (κ1) is 17.0. The van der Waals surface area contributed by atoms with Crippen LogP contribution in [-0.4, -0.2) is 34.7 Å². The zero-order valence-electron chi connectivity index (χ0n) is 13.3. The fourth-order valence-corrected chi connectivity index (χ4v) is 3.15. The number of hydrogen-bond acceptors (Lipinski definition) is 3. The number of nitrogens with zero attached hydrogens (tertiary/aromatic N) is 2. The van der Waals surface area contributed by atoms with Crippen molar-refractivity contribution >= 4 is 12.4 Å². The molecule has 1 aromatic heterocycles. The standard InChI is InChI=1S/C17H24N4.ClH/c1-13-4-3-5-14(8-13)16-15(9-19-20-16)10-21-7-6-17(2,11-18)12-21;/h3-5,8-9H,6-7,10-12,18H2,1-2H3,(H,19,20);1H. The number of aryl methyl sites for hydroxylation is 1. The largest absolute Gasteiger partial charge is 0.330 e. The average molecular weight is 321 g/mol. The lowest BCUT2D eigenvalue weighted by Crippen LogP contribution is -2.31. The molecule has 4 nitrogen and oxygen atoms in total. The minimum atomic E-state index is 0. The van der Waals surface area contributed by atoms with Gasteiger partial charge in [0.1, 0.15) is 0 Å². The molecule has 1 aromatic carbocycles. The molecule has 3 rings (SSSR count). The SMILES string of the molecule is Cc1cccc(-c2[nH]ncc2CN2CCC(C)(CN)C2)c1.Cl. The van der Waals surface area contributed by atoms with E-state index in [-0.39, 0.29) is 17.8 Å². The number of aromatic amines is 1. The van der Waals surface area contributed by atoms with Crippen molar-refractivity contribution in [2.45, 2.75) is 26.8 Å². The van der Waals surface area contributed by atoms with E-state index >= 15 is 0 Å². The van der Waals surface area contributed by atoms with Crippen molar-refractivity contribution in [1.82, 2.24) is 15.1 Å². The van der Waals surface area contributed by atoms with Gasteiger partial charge in [-0.05, 0) is 37.9 Å². The lowest BCUT2D eigenvalue weighted by Gasteiger charge is -2.22. The minimum absolute atomic E-state index is 0. The Labute approximate surface area is 138 Å². The molecule has 0 spiro atoms. The number of likely N-dealkylation sites (tertiary alicyclic amines) is 1. The summed E-state index contributed by atoms with van der Waals surface area (Å²) < 4.78 is 0. The Balaban J connectivity index is 0.00000176. The molecule has 120 valence electrons. The third-order valence-corrected chi connectivity index (χ3v) is 4.55. The van der Waals surface area contributed by atoms with Gasteiger partial charge in [0.2, 0.25) is 0 Å². The number of hydrogen-bond donors (Lipinski definition) is 2. The van der Waals surface area contributed by atoms with Gasteiger partial charge in [0.05, 0.1) is 11.9 Å². The first-order chi connectivity index (χ1) is 10.1. The third-order valence-electron chi connectivity index (χ3n) is 4.55. The molecule has 0 aliphatic carbocycles. The van der Waals surface area contributed by atoms with Gasteiger partial charge in [0.25, 0.3) is 0 Å². The summed E-state index contributed by atoms with van der Waals surface area (Å²) in [5, 5.41) is 7.41. The zero-order chi connectivity index (χ0) is 14.9. The molecule has 0 saturated carbocycles. The van der Waals surface area contributed by atoms with Gasteiger partial charge in [-0.25, -0.2) is 0 Å². The maximum atomic E-state index is 5.90. The highest BCUT2D eigenvalue weighted by Gasteiger charge is 2.32. The second kappa shape index (κ2) is 6.82. The van der Waals surface area contributed by atoms with E-state index in [9.17, 15) is 0 Å². The molecule has 1 aliphatic heterocycles. The summed E-state index contributed by atoms with van der Waals surface area (Å²) in [7, 11) is 0. The van der Waals surface area contributed by atoms with Gasteiger partial charge in [-0.1, -0.05) is 30.7 Å². The maximum absolute atomic E-state index is 5.90. The van der Waals surface area contributed by atoms with E-state index in [1.165, 1.54) is 23.1 Å². The topological polar surface area (TPSA) is 57.9 Å². The lowest BCUT2D eigenvalue weighted by molar-refractivity contribution is 0.275. The van der Waals surface area contributed by atoms with Crippen molar-refractivity contribution < 1.29 is 0 Å². The van der Waals surface area contributed by atoms with Crippen LogP contribution >= 0.6 is 12.4 Å². The van der Waals surface area contributed by atoms with Crippen LogP contribution in [0.25, 0.3) is 11.3 Å². The van der Waals surface area contributed by atoms with Crippen molar-refractivity contribution in [2.75, 3.05) is 19.6 Å². The van der Waals surface area contributed by atoms with E-state index in [0.717, 1.165) is 31.9 Å². The Hall–Kier alpha value is -1.36. The van der Waals surface area contributed by atoms with Gasteiger partial charge in [-0.2, -0.15) is 5.10 Å². The second-order valence-corrected chi connectivity index (χ2v) is 6.62.